The number of imide groups is 2. The molecule has 152 valence electrons. The maximum atomic E-state index is 14.1. The van der Waals surface area contributed by atoms with Crippen molar-refractivity contribution in [2.24, 2.45) is 5.92 Å². The molecule has 2 rings (SSSR count). The lowest BCUT2D eigenvalue weighted by Crippen LogP contribution is -2.47. The maximum Gasteiger partial charge on any atom is 0.325 e. The number of nitrogens with one attached hydrogen (secondary N) is 3. The number of halogens is 2. The Balaban J connectivity index is 2.04. The van der Waals surface area contributed by atoms with E-state index < -0.39 is 47.6 Å². The molecular formula is C18H22F2N4O4. The molecule has 1 fully saturated rings. The van der Waals surface area contributed by atoms with Crippen LogP contribution in [-0.2, 0) is 15.1 Å². The molecule has 0 saturated carbocycles. The fraction of sp³-hybridized carbons (Fsp3) is 0.444. The Morgan fingerprint density at radius 3 is 2.57 bits per heavy atom. The van der Waals surface area contributed by atoms with Gasteiger partial charge < -0.3 is 10.6 Å². The summed E-state index contributed by atoms with van der Waals surface area (Å²) in [5, 5.41) is 6.76. The van der Waals surface area contributed by atoms with Crippen molar-refractivity contribution < 1.29 is 28.0 Å². The van der Waals surface area contributed by atoms with Crippen molar-refractivity contribution in [3.8, 4) is 0 Å². The Hall–Kier alpha value is -3.04. The quantitative estimate of drug-likeness (QED) is 0.635. The second-order valence-corrected chi connectivity index (χ2v) is 7.06. The van der Waals surface area contributed by atoms with Gasteiger partial charge in [-0.25, -0.2) is 18.4 Å². The molecule has 1 aliphatic heterocycles. The molecule has 0 unspecified atom stereocenters. The monoisotopic (exact) mass is 396 g/mol. The van der Waals surface area contributed by atoms with Gasteiger partial charge in [0.05, 0.1) is 0 Å². The molecule has 1 aliphatic rings. The third kappa shape index (κ3) is 4.62. The molecule has 0 spiro atoms. The highest BCUT2D eigenvalue weighted by Gasteiger charge is 2.50. The Morgan fingerprint density at radius 2 is 1.93 bits per heavy atom. The van der Waals surface area contributed by atoms with Gasteiger partial charge >= 0.3 is 12.1 Å². The Labute approximate surface area is 160 Å². The minimum Gasteiger partial charge on any atom is -0.338 e. The summed E-state index contributed by atoms with van der Waals surface area (Å²) in [4.78, 5) is 49.0. The number of rotatable bonds is 6. The van der Waals surface area contributed by atoms with E-state index in [1.165, 1.54) is 6.92 Å². The van der Waals surface area contributed by atoms with Gasteiger partial charge in [-0.15, -0.1) is 0 Å². The van der Waals surface area contributed by atoms with Crippen LogP contribution in [0.2, 0.25) is 0 Å². The van der Waals surface area contributed by atoms with E-state index in [1.54, 1.807) is 0 Å². The molecule has 0 radical (unpaired) electrons. The normalized spacial score (nSPS) is 19.0. The van der Waals surface area contributed by atoms with E-state index in [-0.39, 0.29) is 5.56 Å². The second kappa shape index (κ2) is 8.32. The number of urea groups is 2. The lowest BCUT2D eigenvalue weighted by Gasteiger charge is -2.22. The maximum absolute atomic E-state index is 14.1. The molecule has 28 heavy (non-hydrogen) atoms. The van der Waals surface area contributed by atoms with Gasteiger partial charge in [0, 0.05) is 12.1 Å². The molecule has 1 aromatic carbocycles. The smallest absolute Gasteiger partial charge is 0.325 e. The number of benzene rings is 1. The number of carbonyl (C=O) groups excluding carboxylic acids is 4. The first kappa shape index (κ1) is 21.3. The zero-order valence-electron chi connectivity index (χ0n) is 15.8. The van der Waals surface area contributed by atoms with Gasteiger partial charge in [-0.3, -0.25) is 19.8 Å². The van der Waals surface area contributed by atoms with Crippen LogP contribution < -0.4 is 16.0 Å². The Morgan fingerprint density at radius 1 is 1.25 bits per heavy atom. The topological polar surface area (TPSA) is 108 Å². The molecule has 6 amide bonds. The first-order valence-corrected chi connectivity index (χ1v) is 8.72. The predicted octanol–water partition coefficient (Wildman–Crippen LogP) is 1.60. The van der Waals surface area contributed by atoms with Crippen molar-refractivity contribution >= 4 is 23.9 Å². The summed E-state index contributed by atoms with van der Waals surface area (Å²) in [7, 11) is 0. The molecule has 0 aliphatic carbocycles. The lowest BCUT2D eigenvalue weighted by atomic mass is 9.91. The van der Waals surface area contributed by atoms with E-state index in [9.17, 15) is 28.0 Å². The summed E-state index contributed by atoms with van der Waals surface area (Å²) in [6.07, 6.45) is 0.714. The molecule has 3 N–H and O–H groups in total. The average molecular weight is 396 g/mol. The average Bonchev–Trinajstić information content (AvgIpc) is 2.80. The number of hydrogen-bond donors (Lipinski definition) is 3. The van der Waals surface area contributed by atoms with Gasteiger partial charge in [0.15, 0.2) is 0 Å². The number of amides is 6. The second-order valence-electron chi connectivity index (χ2n) is 7.06. The van der Waals surface area contributed by atoms with Crippen LogP contribution in [0.4, 0.5) is 18.4 Å². The van der Waals surface area contributed by atoms with Crippen molar-refractivity contribution in [1.29, 1.82) is 0 Å². The van der Waals surface area contributed by atoms with Crippen molar-refractivity contribution in [2.75, 3.05) is 13.1 Å². The summed E-state index contributed by atoms with van der Waals surface area (Å²) in [6, 6.07) is 0.820. The number of carbonyl (C=O) groups is 4. The van der Waals surface area contributed by atoms with E-state index >= 15 is 0 Å². The van der Waals surface area contributed by atoms with Gasteiger partial charge in [-0.1, -0.05) is 13.8 Å². The highest BCUT2D eigenvalue weighted by atomic mass is 19.1. The standard InChI is InChI=1S/C18H22F2N4O4/c1-10(2)6-7-21-16(27)22-14(25)9-24-15(26)18(3,23-17(24)28)12-8-11(19)4-5-13(12)20/h4-5,8,10H,6-7,9H2,1-3H3,(H,23,28)(H2,21,22,25,27)/t18-/m0/s1. The minimum atomic E-state index is -1.87. The zero-order valence-corrected chi connectivity index (χ0v) is 15.8. The third-order valence-corrected chi connectivity index (χ3v) is 4.30. The van der Waals surface area contributed by atoms with Crippen LogP contribution in [0.5, 0.6) is 0 Å². The molecule has 1 heterocycles. The Kier molecular flexibility index (Phi) is 6.32. The summed E-state index contributed by atoms with van der Waals surface area (Å²) >= 11 is 0. The highest BCUT2D eigenvalue weighted by Crippen LogP contribution is 2.31. The van der Waals surface area contributed by atoms with Crippen molar-refractivity contribution in [3.63, 3.8) is 0 Å². The van der Waals surface area contributed by atoms with E-state index in [2.05, 4.69) is 10.6 Å². The molecule has 0 bridgehead atoms. The summed E-state index contributed by atoms with van der Waals surface area (Å²) in [6.45, 7) is 4.77. The van der Waals surface area contributed by atoms with E-state index in [0.717, 1.165) is 18.2 Å². The predicted molar refractivity (Wildman–Crippen MR) is 95.0 cm³/mol. The van der Waals surface area contributed by atoms with Gasteiger partial charge in [0.2, 0.25) is 5.91 Å². The first-order chi connectivity index (χ1) is 13.0. The fourth-order valence-electron chi connectivity index (χ4n) is 2.73. The van der Waals surface area contributed by atoms with Crippen molar-refractivity contribution in [2.45, 2.75) is 32.7 Å². The Bertz CT molecular complexity index is 815. The minimum absolute atomic E-state index is 0.358. The largest absolute Gasteiger partial charge is 0.338 e. The molecule has 8 nitrogen and oxygen atoms in total. The van der Waals surface area contributed by atoms with E-state index in [1.807, 2.05) is 19.2 Å². The van der Waals surface area contributed by atoms with Crippen LogP contribution in [-0.4, -0.2) is 41.9 Å². The SMILES string of the molecule is CC(C)CCNC(=O)NC(=O)CN1C(=O)N[C@@](C)(c2cc(F)ccc2F)C1=O. The number of hydrogen-bond acceptors (Lipinski definition) is 4. The van der Waals surface area contributed by atoms with Crippen LogP contribution in [0.25, 0.3) is 0 Å². The summed E-state index contributed by atoms with van der Waals surface area (Å²) in [5.74, 6) is -3.13. The first-order valence-electron chi connectivity index (χ1n) is 8.72. The number of nitrogens with zero attached hydrogens (tertiary/aromatic N) is 1. The molecule has 10 heteroatoms. The highest BCUT2D eigenvalue weighted by molar-refractivity contribution is 6.10. The van der Waals surface area contributed by atoms with Gasteiger partial charge in [-0.05, 0) is 37.5 Å². The van der Waals surface area contributed by atoms with Crippen LogP contribution in [0.3, 0.4) is 0 Å². The third-order valence-electron chi connectivity index (χ3n) is 4.30. The summed E-state index contributed by atoms with van der Waals surface area (Å²) < 4.78 is 27.6. The molecule has 1 aromatic rings. The molecule has 1 saturated heterocycles. The molecule has 0 aromatic heterocycles. The van der Waals surface area contributed by atoms with Gasteiger partial charge in [0.1, 0.15) is 23.7 Å². The van der Waals surface area contributed by atoms with Crippen molar-refractivity contribution in [1.82, 2.24) is 20.9 Å². The fourth-order valence-corrected chi connectivity index (χ4v) is 2.73. The molecular weight excluding hydrogens is 374 g/mol. The van der Waals surface area contributed by atoms with Gasteiger partial charge in [-0.2, -0.15) is 0 Å². The molecule has 1 atom stereocenters. The van der Waals surface area contributed by atoms with E-state index in [0.29, 0.717) is 23.8 Å². The van der Waals surface area contributed by atoms with E-state index in [4.69, 9.17) is 0 Å². The lowest BCUT2D eigenvalue weighted by molar-refractivity contribution is -0.134. The van der Waals surface area contributed by atoms with Crippen LogP contribution in [0.1, 0.15) is 32.8 Å². The van der Waals surface area contributed by atoms with Crippen molar-refractivity contribution in [3.05, 3.63) is 35.4 Å². The van der Waals surface area contributed by atoms with Crippen LogP contribution in [0, 0.1) is 17.6 Å². The van der Waals surface area contributed by atoms with Crippen LogP contribution >= 0.6 is 0 Å². The zero-order chi connectivity index (χ0) is 21.1. The van der Waals surface area contributed by atoms with Gasteiger partial charge in [0.25, 0.3) is 5.91 Å². The van der Waals surface area contributed by atoms with Crippen LogP contribution in [0.15, 0.2) is 18.2 Å². The summed E-state index contributed by atoms with van der Waals surface area (Å²) in [5.41, 5.74) is -2.23.